The summed E-state index contributed by atoms with van der Waals surface area (Å²) < 4.78 is 44.0. The second-order valence-electron chi connectivity index (χ2n) is 10.8. The van der Waals surface area contributed by atoms with Crippen LogP contribution in [0.5, 0.6) is 0 Å². The van der Waals surface area contributed by atoms with E-state index in [9.17, 15) is 27.9 Å². The molecule has 4 rings (SSSR count). The molecule has 1 amide bonds. The number of carboxylic acids is 1. The maximum atomic E-state index is 14.4. The molecular weight excluding hydrogens is 544 g/mol. The van der Waals surface area contributed by atoms with Crippen molar-refractivity contribution in [3.8, 4) is 0 Å². The van der Waals surface area contributed by atoms with E-state index in [1.807, 2.05) is 0 Å². The predicted octanol–water partition coefficient (Wildman–Crippen LogP) is 6.68. The first-order valence-electron chi connectivity index (χ1n) is 12.8. The van der Waals surface area contributed by atoms with Gasteiger partial charge in [0.25, 0.3) is 5.91 Å². The maximum absolute atomic E-state index is 14.4. The average molecular weight is 575 g/mol. The fourth-order valence-electron chi connectivity index (χ4n) is 5.78. The van der Waals surface area contributed by atoms with E-state index in [0.717, 1.165) is 36.6 Å². The van der Waals surface area contributed by atoms with Gasteiger partial charge in [-0.05, 0) is 50.0 Å². The summed E-state index contributed by atoms with van der Waals surface area (Å²) in [6, 6.07) is 0.919. The van der Waals surface area contributed by atoms with E-state index < -0.39 is 41.3 Å². The largest absolute Gasteiger partial charge is 0.481 e. The van der Waals surface area contributed by atoms with Gasteiger partial charge in [-0.1, -0.05) is 43.0 Å². The average Bonchev–Trinajstić information content (AvgIpc) is 3.49. The van der Waals surface area contributed by atoms with Gasteiger partial charge in [-0.3, -0.25) is 19.3 Å². The van der Waals surface area contributed by atoms with Gasteiger partial charge in [-0.15, -0.1) is 0 Å². The third-order valence-electron chi connectivity index (χ3n) is 7.86. The van der Waals surface area contributed by atoms with Crippen molar-refractivity contribution in [2.75, 3.05) is 13.1 Å². The number of alkyl halides is 3. The van der Waals surface area contributed by atoms with Crippen LogP contribution >= 0.6 is 23.2 Å². The molecule has 0 radical (unpaired) electrons. The third-order valence-corrected chi connectivity index (χ3v) is 8.39. The molecule has 12 heteroatoms. The maximum Gasteiger partial charge on any atom is 0.433 e. The molecule has 1 N–H and O–H groups in total. The zero-order chi connectivity index (χ0) is 27.7. The van der Waals surface area contributed by atoms with Crippen LogP contribution in [0.3, 0.4) is 0 Å². The van der Waals surface area contributed by atoms with E-state index in [2.05, 4.69) is 17.0 Å². The highest BCUT2D eigenvalue weighted by molar-refractivity contribution is 6.34. The van der Waals surface area contributed by atoms with Crippen molar-refractivity contribution < 1.29 is 27.9 Å². The van der Waals surface area contributed by atoms with Gasteiger partial charge in [-0.2, -0.15) is 18.3 Å². The van der Waals surface area contributed by atoms with Crippen LogP contribution in [-0.2, 0) is 17.4 Å². The number of carbonyl (C=O) groups excluding carboxylic acids is 1. The van der Waals surface area contributed by atoms with E-state index in [4.69, 9.17) is 23.2 Å². The van der Waals surface area contributed by atoms with E-state index in [0.29, 0.717) is 22.3 Å². The zero-order valence-electron chi connectivity index (χ0n) is 21.1. The molecule has 0 bridgehead atoms. The Balaban J connectivity index is 1.62. The number of carboxylic acid groups (broad SMARTS) is 1. The first-order chi connectivity index (χ1) is 17.9. The minimum atomic E-state index is -4.81. The first kappa shape index (κ1) is 28.7. The molecule has 0 saturated heterocycles. The van der Waals surface area contributed by atoms with Crippen molar-refractivity contribution in [1.29, 1.82) is 0 Å². The van der Waals surface area contributed by atoms with Gasteiger partial charge in [0.05, 0.1) is 39.5 Å². The smallest absolute Gasteiger partial charge is 0.433 e. The molecule has 38 heavy (non-hydrogen) atoms. The molecule has 0 aromatic carbocycles. The standard InChI is InChI=1S/C26H31Cl2F3N4O3/c1-25(9-2-3-10-25)15-34(11-8-21-20(28)12-17(27)13-32-21)23(36)19-14-33-35(22(19)26(29,30)31)18-6-4-16(5-7-18)24(37)38/h12-14,16,18H,2-11,15H2,1H3,(H,37,38). The molecule has 2 aromatic rings. The molecule has 2 aromatic heterocycles. The van der Waals surface area contributed by atoms with Gasteiger partial charge in [0.2, 0.25) is 0 Å². The van der Waals surface area contributed by atoms with Crippen LogP contribution in [-0.4, -0.2) is 49.7 Å². The second-order valence-corrected chi connectivity index (χ2v) is 11.6. The fourth-order valence-corrected chi connectivity index (χ4v) is 6.26. The first-order valence-corrected chi connectivity index (χ1v) is 13.6. The Kier molecular flexibility index (Phi) is 8.62. The van der Waals surface area contributed by atoms with Gasteiger partial charge in [0, 0.05) is 25.7 Å². The molecule has 0 unspecified atom stereocenters. The summed E-state index contributed by atoms with van der Waals surface area (Å²) in [5, 5.41) is 14.0. The summed E-state index contributed by atoms with van der Waals surface area (Å²) >= 11 is 12.2. The van der Waals surface area contributed by atoms with E-state index in [1.165, 1.54) is 11.1 Å². The van der Waals surface area contributed by atoms with Crippen LogP contribution < -0.4 is 0 Å². The number of rotatable bonds is 8. The molecular formula is C26H31Cl2F3N4O3. The van der Waals surface area contributed by atoms with Crippen LogP contribution in [0.25, 0.3) is 0 Å². The highest BCUT2D eigenvalue weighted by Gasteiger charge is 2.44. The van der Waals surface area contributed by atoms with E-state index in [1.54, 1.807) is 6.07 Å². The minimum absolute atomic E-state index is 0.134. The number of pyridine rings is 1. The molecule has 2 heterocycles. The van der Waals surface area contributed by atoms with Gasteiger partial charge >= 0.3 is 12.1 Å². The lowest BCUT2D eigenvalue weighted by atomic mass is 9.86. The Bertz CT molecular complexity index is 1170. The number of halogens is 5. The van der Waals surface area contributed by atoms with Gasteiger partial charge in [0.15, 0.2) is 5.69 Å². The van der Waals surface area contributed by atoms with Gasteiger partial charge in [-0.25, -0.2) is 0 Å². The quantitative estimate of drug-likeness (QED) is 0.379. The summed E-state index contributed by atoms with van der Waals surface area (Å²) in [5.41, 5.74) is -1.26. The van der Waals surface area contributed by atoms with Crippen molar-refractivity contribution in [2.24, 2.45) is 11.3 Å². The number of amides is 1. The molecule has 0 aliphatic heterocycles. The van der Waals surface area contributed by atoms with Gasteiger partial charge in [0.1, 0.15) is 0 Å². The second kappa shape index (κ2) is 11.4. The Morgan fingerprint density at radius 3 is 2.39 bits per heavy atom. The normalized spacial score (nSPS) is 21.4. The monoisotopic (exact) mass is 574 g/mol. The lowest BCUT2D eigenvalue weighted by Crippen LogP contribution is -2.41. The summed E-state index contributed by atoms with van der Waals surface area (Å²) in [6.07, 6.45) is 2.70. The number of aliphatic carboxylic acids is 1. The Hall–Kier alpha value is -2.33. The van der Waals surface area contributed by atoms with E-state index >= 15 is 0 Å². The van der Waals surface area contributed by atoms with Crippen molar-refractivity contribution >= 4 is 35.1 Å². The van der Waals surface area contributed by atoms with E-state index in [-0.39, 0.29) is 44.1 Å². The lowest BCUT2D eigenvalue weighted by molar-refractivity contribution is -0.147. The number of aromatic nitrogens is 3. The Morgan fingerprint density at radius 2 is 1.82 bits per heavy atom. The van der Waals surface area contributed by atoms with Crippen molar-refractivity contribution in [3.05, 3.63) is 45.5 Å². The van der Waals surface area contributed by atoms with Gasteiger partial charge < -0.3 is 10.0 Å². The highest BCUT2D eigenvalue weighted by Crippen LogP contribution is 2.41. The highest BCUT2D eigenvalue weighted by atomic mass is 35.5. The van der Waals surface area contributed by atoms with Crippen molar-refractivity contribution in [3.63, 3.8) is 0 Å². The van der Waals surface area contributed by atoms with Crippen molar-refractivity contribution in [2.45, 2.75) is 76.9 Å². The molecule has 2 aliphatic rings. The summed E-state index contributed by atoms with van der Waals surface area (Å²) in [7, 11) is 0. The molecule has 2 aliphatic carbocycles. The SMILES string of the molecule is CC1(CN(CCc2ncc(Cl)cc2Cl)C(=O)c2cnn(C3CCC(C(=O)O)CC3)c2C(F)(F)F)CCCC1. The Morgan fingerprint density at radius 1 is 1.16 bits per heavy atom. The minimum Gasteiger partial charge on any atom is -0.481 e. The summed E-state index contributed by atoms with van der Waals surface area (Å²) in [5.74, 6) is -2.25. The Labute approximate surface area is 229 Å². The van der Waals surface area contributed by atoms with Crippen LogP contribution in [0.1, 0.15) is 86.1 Å². The molecule has 208 valence electrons. The third kappa shape index (κ3) is 6.45. The molecule has 7 nitrogen and oxygen atoms in total. The number of nitrogens with zero attached hydrogens (tertiary/aromatic N) is 4. The number of carbonyl (C=O) groups is 2. The molecule has 2 saturated carbocycles. The van der Waals surface area contributed by atoms with Crippen LogP contribution in [0, 0.1) is 11.3 Å². The molecule has 0 spiro atoms. The summed E-state index contributed by atoms with van der Waals surface area (Å²) in [4.78, 5) is 30.8. The molecule has 0 atom stereocenters. The van der Waals surface area contributed by atoms with Crippen LogP contribution in [0.4, 0.5) is 13.2 Å². The fraction of sp³-hybridized carbons (Fsp3) is 0.615. The van der Waals surface area contributed by atoms with Crippen LogP contribution in [0.2, 0.25) is 10.0 Å². The summed E-state index contributed by atoms with van der Waals surface area (Å²) in [6.45, 7) is 2.50. The van der Waals surface area contributed by atoms with Crippen molar-refractivity contribution in [1.82, 2.24) is 19.7 Å². The number of hydrogen-bond donors (Lipinski definition) is 1. The molecule has 2 fully saturated rings. The van der Waals surface area contributed by atoms with Crippen LogP contribution in [0.15, 0.2) is 18.5 Å². The number of hydrogen-bond acceptors (Lipinski definition) is 4. The zero-order valence-corrected chi connectivity index (χ0v) is 22.6. The topological polar surface area (TPSA) is 88.3 Å². The lowest BCUT2D eigenvalue weighted by Gasteiger charge is -2.33. The predicted molar refractivity (Wildman–Crippen MR) is 136 cm³/mol.